The Morgan fingerprint density at radius 1 is 1.42 bits per heavy atom. The van der Waals surface area contributed by atoms with Crippen LogP contribution in [0.15, 0.2) is 34.8 Å². The van der Waals surface area contributed by atoms with Crippen molar-refractivity contribution in [2.75, 3.05) is 5.32 Å². The highest BCUT2D eigenvalue weighted by atomic mass is 79.9. The van der Waals surface area contributed by atoms with Gasteiger partial charge in [0.05, 0.1) is 11.4 Å². The van der Waals surface area contributed by atoms with Gasteiger partial charge in [0, 0.05) is 11.5 Å². The minimum atomic E-state index is -0.149. The normalized spacial score (nSPS) is 10.5. The van der Waals surface area contributed by atoms with Crippen LogP contribution in [0.3, 0.4) is 0 Å². The van der Waals surface area contributed by atoms with Crippen LogP contribution < -0.4 is 5.32 Å². The molecule has 1 N–H and O–H groups in total. The second-order valence-electron chi connectivity index (χ2n) is 4.33. The minimum absolute atomic E-state index is 0.149. The van der Waals surface area contributed by atoms with Crippen LogP contribution >= 0.6 is 15.9 Å². The Bertz CT molecular complexity index is 592. The summed E-state index contributed by atoms with van der Waals surface area (Å²) in [4.78, 5) is 12.2. The zero-order chi connectivity index (χ0) is 13.8. The molecule has 0 atom stereocenters. The smallest absolute Gasteiger partial charge is 0.273 e. The standard InChI is InChI=1S/C14H16BrN3O/c1-3-6-10-9-13(18(2)17-10)14(19)16-12-8-5-4-7-11(12)15/h4-5,7-9H,3,6H2,1-2H3,(H,16,19). The average molecular weight is 322 g/mol. The van der Waals surface area contributed by atoms with Crippen molar-refractivity contribution in [3.63, 3.8) is 0 Å². The Hall–Kier alpha value is -1.62. The Labute approximate surface area is 120 Å². The lowest BCUT2D eigenvalue weighted by Crippen LogP contribution is -2.16. The van der Waals surface area contributed by atoms with Crippen molar-refractivity contribution in [1.82, 2.24) is 9.78 Å². The molecule has 1 aromatic heterocycles. The number of hydrogen-bond donors (Lipinski definition) is 1. The third-order valence-electron chi connectivity index (χ3n) is 2.79. The summed E-state index contributed by atoms with van der Waals surface area (Å²) in [5, 5.41) is 7.21. The van der Waals surface area contributed by atoms with E-state index in [1.807, 2.05) is 30.3 Å². The average Bonchev–Trinajstić information content (AvgIpc) is 2.74. The van der Waals surface area contributed by atoms with Crippen LogP contribution in [0.25, 0.3) is 0 Å². The van der Waals surface area contributed by atoms with Gasteiger partial charge in [-0.1, -0.05) is 25.5 Å². The van der Waals surface area contributed by atoms with Gasteiger partial charge in [-0.15, -0.1) is 0 Å². The maximum Gasteiger partial charge on any atom is 0.273 e. The minimum Gasteiger partial charge on any atom is -0.320 e. The lowest BCUT2D eigenvalue weighted by atomic mass is 10.2. The molecule has 4 nitrogen and oxygen atoms in total. The summed E-state index contributed by atoms with van der Waals surface area (Å²) in [6, 6.07) is 9.37. The number of halogens is 1. The van der Waals surface area contributed by atoms with Crippen LogP contribution in [0.5, 0.6) is 0 Å². The van der Waals surface area contributed by atoms with E-state index in [1.165, 1.54) is 0 Å². The van der Waals surface area contributed by atoms with Crippen molar-refractivity contribution in [3.8, 4) is 0 Å². The van der Waals surface area contributed by atoms with Gasteiger partial charge in [0.2, 0.25) is 0 Å². The lowest BCUT2D eigenvalue weighted by molar-refractivity contribution is 0.101. The number of carbonyl (C=O) groups is 1. The van der Waals surface area contributed by atoms with Crippen LogP contribution in [-0.4, -0.2) is 15.7 Å². The summed E-state index contributed by atoms with van der Waals surface area (Å²) < 4.78 is 2.48. The molecule has 0 saturated carbocycles. The molecule has 0 fully saturated rings. The number of para-hydroxylation sites is 1. The quantitative estimate of drug-likeness (QED) is 0.938. The van der Waals surface area contributed by atoms with Crippen molar-refractivity contribution in [3.05, 3.63) is 46.2 Å². The number of aromatic nitrogens is 2. The van der Waals surface area contributed by atoms with Crippen LogP contribution in [-0.2, 0) is 13.5 Å². The molecular formula is C14H16BrN3O. The zero-order valence-electron chi connectivity index (χ0n) is 11.0. The summed E-state index contributed by atoms with van der Waals surface area (Å²) in [7, 11) is 1.79. The monoisotopic (exact) mass is 321 g/mol. The molecule has 0 unspecified atom stereocenters. The molecular weight excluding hydrogens is 306 g/mol. The molecule has 19 heavy (non-hydrogen) atoms. The number of nitrogens with one attached hydrogen (secondary N) is 1. The molecule has 1 amide bonds. The topological polar surface area (TPSA) is 46.9 Å². The van der Waals surface area contributed by atoms with Gasteiger partial charge >= 0.3 is 0 Å². The molecule has 0 aliphatic carbocycles. The largest absolute Gasteiger partial charge is 0.320 e. The number of anilines is 1. The molecule has 100 valence electrons. The number of amides is 1. The predicted molar refractivity (Wildman–Crippen MR) is 79.3 cm³/mol. The Balaban J connectivity index is 2.18. The first-order valence-electron chi connectivity index (χ1n) is 6.20. The van der Waals surface area contributed by atoms with Crippen molar-refractivity contribution >= 4 is 27.5 Å². The second kappa shape index (κ2) is 6.02. The molecule has 5 heteroatoms. The van der Waals surface area contributed by atoms with E-state index < -0.39 is 0 Å². The highest BCUT2D eigenvalue weighted by Gasteiger charge is 2.14. The van der Waals surface area contributed by atoms with E-state index >= 15 is 0 Å². The van der Waals surface area contributed by atoms with E-state index in [9.17, 15) is 4.79 Å². The van der Waals surface area contributed by atoms with Crippen LogP contribution in [0.1, 0.15) is 29.5 Å². The van der Waals surface area contributed by atoms with Gasteiger partial charge < -0.3 is 5.32 Å². The molecule has 0 radical (unpaired) electrons. The van der Waals surface area contributed by atoms with Gasteiger partial charge in [-0.2, -0.15) is 5.10 Å². The van der Waals surface area contributed by atoms with Gasteiger partial charge in [0.25, 0.3) is 5.91 Å². The number of carbonyl (C=O) groups excluding carboxylic acids is 1. The van der Waals surface area contributed by atoms with Crippen LogP contribution in [0.4, 0.5) is 5.69 Å². The van der Waals surface area contributed by atoms with Crippen molar-refractivity contribution < 1.29 is 4.79 Å². The molecule has 0 bridgehead atoms. The second-order valence-corrected chi connectivity index (χ2v) is 5.18. The molecule has 2 rings (SSSR count). The third-order valence-corrected chi connectivity index (χ3v) is 3.48. The fourth-order valence-electron chi connectivity index (χ4n) is 1.87. The number of benzene rings is 1. The van der Waals surface area contributed by atoms with Gasteiger partial charge in [-0.05, 0) is 40.5 Å². The molecule has 0 aliphatic rings. The summed E-state index contributed by atoms with van der Waals surface area (Å²) in [5.74, 6) is -0.149. The predicted octanol–water partition coefficient (Wildman–Crippen LogP) is 3.39. The Morgan fingerprint density at radius 2 is 2.16 bits per heavy atom. The van der Waals surface area contributed by atoms with Gasteiger partial charge in [-0.3, -0.25) is 9.48 Å². The fourth-order valence-corrected chi connectivity index (χ4v) is 2.25. The maximum atomic E-state index is 12.2. The van der Waals surface area contributed by atoms with Crippen LogP contribution in [0, 0.1) is 0 Å². The molecule has 1 heterocycles. The lowest BCUT2D eigenvalue weighted by Gasteiger charge is -2.06. The summed E-state index contributed by atoms with van der Waals surface area (Å²) in [6.07, 6.45) is 1.90. The van der Waals surface area contributed by atoms with E-state index in [0.717, 1.165) is 28.7 Å². The zero-order valence-corrected chi connectivity index (χ0v) is 12.6. The number of nitrogens with zero attached hydrogens (tertiary/aromatic N) is 2. The van der Waals surface area contributed by atoms with Crippen LogP contribution in [0.2, 0.25) is 0 Å². The van der Waals surface area contributed by atoms with Gasteiger partial charge in [0.15, 0.2) is 0 Å². The SMILES string of the molecule is CCCc1cc(C(=O)Nc2ccccc2Br)n(C)n1. The summed E-state index contributed by atoms with van der Waals surface area (Å²) in [5.41, 5.74) is 2.27. The van der Waals surface area contributed by atoms with Gasteiger partial charge in [0.1, 0.15) is 5.69 Å². The number of hydrogen-bond acceptors (Lipinski definition) is 2. The number of rotatable bonds is 4. The van der Waals surface area contributed by atoms with E-state index in [0.29, 0.717) is 5.69 Å². The first-order chi connectivity index (χ1) is 9.11. The summed E-state index contributed by atoms with van der Waals surface area (Å²) in [6.45, 7) is 2.09. The fraction of sp³-hybridized carbons (Fsp3) is 0.286. The maximum absolute atomic E-state index is 12.2. The van der Waals surface area contributed by atoms with Crippen molar-refractivity contribution in [2.24, 2.45) is 7.05 Å². The van der Waals surface area contributed by atoms with E-state index in [4.69, 9.17) is 0 Å². The molecule has 0 aliphatic heterocycles. The van der Waals surface area contributed by atoms with E-state index in [1.54, 1.807) is 11.7 Å². The molecule has 0 saturated heterocycles. The highest BCUT2D eigenvalue weighted by molar-refractivity contribution is 9.10. The van der Waals surface area contributed by atoms with E-state index in [-0.39, 0.29) is 5.91 Å². The molecule has 2 aromatic rings. The third kappa shape index (κ3) is 3.23. The molecule has 1 aromatic carbocycles. The first-order valence-corrected chi connectivity index (χ1v) is 7.00. The van der Waals surface area contributed by atoms with Crippen molar-refractivity contribution in [1.29, 1.82) is 0 Å². The highest BCUT2D eigenvalue weighted by Crippen LogP contribution is 2.22. The summed E-state index contributed by atoms with van der Waals surface area (Å²) >= 11 is 3.41. The Kier molecular flexibility index (Phi) is 4.37. The van der Waals surface area contributed by atoms with Crippen molar-refractivity contribution in [2.45, 2.75) is 19.8 Å². The van der Waals surface area contributed by atoms with Gasteiger partial charge in [-0.25, -0.2) is 0 Å². The molecule has 0 spiro atoms. The Morgan fingerprint density at radius 3 is 2.84 bits per heavy atom. The van der Waals surface area contributed by atoms with E-state index in [2.05, 4.69) is 33.3 Å². The first kappa shape index (κ1) is 13.8. The number of aryl methyl sites for hydroxylation is 2.